The fraction of sp³-hybridized carbons (Fsp3) is 0.667. The first kappa shape index (κ1) is 23.2. The molecule has 0 aromatic heterocycles. The fourth-order valence-corrected chi connectivity index (χ4v) is 4.98. The van der Waals surface area contributed by atoms with Gasteiger partial charge in [-0.1, -0.05) is 12.8 Å². The van der Waals surface area contributed by atoms with Gasteiger partial charge in [0.25, 0.3) is 5.91 Å². The van der Waals surface area contributed by atoms with E-state index in [1.807, 2.05) is 0 Å². The summed E-state index contributed by atoms with van der Waals surface area (Å²) >= 11 is 1.08. The first-order valence-corrected chi connectivity index (χ1v) is 11.4. The van der Waals surface area contributed by atoms with E-state index >= 15 is 0 Å². The van der Waals surface area contributed by atoms with E-state index in [1.54, 1.807) is 6.26 Å². The minimum Gasteiger partial charge on any atom is -0.496 e. The number of alkyl halides is 3. The second kappa shape index (κ2) is 9.36. The highest BCUT2D eigenvalue weighted by atomic mass is 32.2. The molecule has 0 spiro atoms. The number of hydrogen-bond acceptors (Lipinski definition) is 5. The summed E-state index contributed by atoms with van der Waals surface area (Å²) in [5, 5.41) is 6.69. The standard InChI is InChI=1S/C21H29F3N2O3S/c1-20(7-4-5-8-20)26-14-6-9-29-12-15(14)25-19(27)18-16(28-2)10-13(21(22,23)24)11-17(18)30-3/h10-11,14-15,26H,4-9,12H2,1-3H3,(H,25,27). The van der Waals surface area contributed by atoms with Gasteiger partial charge in [-0.05, 0) is 44.6 Å². The van der Waals surface area contributed by atoms with Gasteiger partial charge in [0, 0.05) is 23.1 Å². The zero-order valence-corrected chi connectivity index (χ0v) is 18.3. The molecule has 168 valence electrons. The highest BCUT2D eigenvalue weighted by Gasteiger charge is 2.37. The summed E-state index contributed by atoms with van der Waals surface area (Å²) in [6, 6.07) is 1.64. The van der Waals surface area contributed by atoms with Gasteiger partial charge in [-0.25, -0.2) is 0 Å². The van der Waals surface area contributed by atoms with Gasteiger partial charge in [-0.2, -0.15) is 13.2 Å². The normalized spacial score (nSPS) is 23.9. The van der Waals surface area contributed by atoms with Crippen LogP contribution in [0.2, 0.25) is 0 Å². The van der Waals surface area contributed by atoms with Gasteiger partial charge < -0.3 is 20.1 Å². The Labute approximate surface area is 179 Å². The summed E-state index contributed by atoms with van der Waals surface area (Å²) in [7, 11) is 1.27. The smallest absolute Gasteiger partial charge is 0.416 e. The monoisotopic (exact) mass is 446 g/mol. The van der Waals surface area contributed by atoms with E-state index < -0.39 is 17.6 Å². The van der Waals surface area contributed by atoms with Gasteiger partial charge in [0.2, 0.25) is 0 Å². The second-order valence-electron chi connectivity index (χ2n) is 8.22. The van der Waals surface area contributed by atoms with E-state index in [0.717, 1.165) is 43.2 Å². The Kier molecular flexibility index (Phi) is 7.24. The minimum absolute atomic E-state index is 0.0431. The van der Waals surface area contributed by atoms with Crippen LogP contribution in [-0.2, 0) is 10.9 Å². The summed E-state index contributed by atoms with van der Waals surface area (Å²) in [4.78, 5) is 13.4. The maximum atomic E-state index is 13.2. The van der Waals surface area contributed by atoms with Gasteiger partial charge in [0.15, 0.2) is 0 Å². The number of carbonyl (C=O) groups is 1. The Hall–Kier alpha value is -1.45. The SMILES string of the molecule is COc1cc(C(F)(F)F)cc(SC)c1C(=O)NC1COCCC1NC1(C)CCCC1. The molecule has 2 atom stereocenters. The van der Waals surface area contributed by atoms with Crippen molar-refractivity contribution >= 4 is 17.7 Å². The van der Waals surface area contributed by atoms with Gasteiger partial charge in [0.05, 0.1) is 30.9 Å². The van der Waals surface area contributed by atoms with Crippen molar-refractivity contribution in [3.63, 3.8) is 0 Å². The van der Waals surface area contributed by atoms with Gasteiger partial charge in [0.1, 0.15) is 5.75 Å². The van der Waals surface area contributed by atoms with Crippen molar-refractivity contribution < 1.29 is 27.4 Å². The number of nitrogens with one attached hydrogen (secondary N) is 2. The lowest BCUT2D eigenvalue weighted by atomic mass is 9.94. The molecule has 0 bridgehead atoms. The topological polar surface area (TPSA) is 59.6 Å². The van der Waals surface area contributed by atoms with E-state index in [4.69, 9.17) is 9.47 Å². The maximum Gasteiger partial charge on any atom is 0.416 e. The molecule has 1 aromatic rings. The lowest BCUT2D eigenvalue weighted by Gasteiger charge is -2.39. The third-order valence-electron chi connectivity index (χ3n) is 5.97. The van der Waals surface area contributed by atoms with E-state index in [1.165, 1.54) is 20.0 Å². The Morgan fingerprint density at radius 1 is 1.27 bits per heavy atom. The van der Waals surface area contributed by atoms with Crippen molar-refractivity contribution in [1.82, 2.24) is 10.6 Å². The molecule has 1 heterocycles. The number of halogens is 3. The molecule has 1 aromatic carbocycles. The molecular weight excluding hydrogens is 417 g/mol. The molecule has 2 unspecified atom stereocenters. The first-order valence-electron chi connectivity index (χ1n) is 10.2. The highest BCUT2D eigenvalue weighted by Crippen LogP contribution is 2.38. The quantitative estimate of drug-likeness (QED) is 0.640. The van der Waals surface area contributed by atoms with Crippen LogP contribution in [0.1, 0.15) is 54.9 Å². The molecule has 9 heteroatoms. The number of hydrogen-bond donors (Lipinski definition) is 2. The molecule has 2 fully saturated rings. The highest BCUT2D eigenvalue weighted by molar-refractivity contribution is 7.98. The summed E-state index contributed by atoms with van der Waals surface area (Å²) < 4.78 is 50.4. The van der Waals surface area contributed by atoms with Crippen LogP contribution in [0.15, 0.2) is 17.0 Å². The number of thioether (sulfide) groups is 1. The molecule has 1 saturated carbocycles. The van der Waals surface area contributed by atoms with Crippen molar-refractivity contribution in [3.05, 3.63) is 23.3 Å². The molecule has 1 aliphatic carbocycles. The van der Waals surface area contributed by atoms with Crippen molar-refractivity contribution in [3.8, 4) is 5.75 Å². The largest absolute Gasteiger partial charge is 0.496 e. The molecule has 2 N–H and O–H groups in total. The summed E-state index contributed by atoms with van der Waals surface area (Å²) in [6.07, 6.45) is 2.44. The maximum absolute atomic E-state index is 13.2. The Morgan fingerprint density at radius 3 is 2.57 bits per heavy atom. The molecule has 3 rings (SSSR count). The third-order valence-corrected chi connectivity index (χ3v) is 6.74. The Balaban J connectivity index is 1.83. The predicted molar refractivity (Wildman–Crippen MR) is 110 cm³/mol. The predicted octanol–water partition coefficient (Wildman–Crippen LogP) is 4.25. The van der Waals surface area contributed by atoms with E-state index in [9.17, 15) is 18.0 Å². The second-order valence-corrected chi connectivity index (χ2v) is 9.06. The van der Waals surface area contributed by atoms with Crippen LogP contribution in [0.4, 0.5) is 13.2 Å². The Morgan fingerprint density at radius 2 is 1.97 bits per heavy atom. The number of rotatable bonds is 6. The van der Waals surface area contributed by atoms with Gasteiger partial charge >= 0.3 is 6.18 Å². The molecule has 30 heavy (non-hydrogen) atoms. The van der Waals surface area contributed by atoms with E-state index in [0.29, 0.717) is 13.2 Å². The number of ether oxygens (including phenoxy) is 2. The van der Waals surface area contributed by atoms with Crippen LogP contribution < -0.4 is 15.4 Å². The molecule has 5 nitrogen and oxygen atoms in total. The lowest BCUT2D eigenvalue weighted by Crippen LogP contribution is -2.60. The molecule has 1 amide bonds. The van der Waals surface area contributed by atoms with Crippen molar-refractivity contribution in [2.45, 2.75) is 67.7 Å². The first-order chi connectivity index (χ1) is 14.2. The summed E-state index contributed by atoms with van der Waals surface area (Å²) in [5.41, 5.74) is -0.675. The summed E-state index contributed by atoms with van der Waals surface area (Å²) in [5.74, 6) is -0.542. The van der Waals surface area contributed by atoms with Crippen LogP contribution in [0, 0.1) is 0 Å². The van der Waals surface area contributed by atoms with Gasteiger partial charge in [-0.15, -0.1) is 11.8 Å². The lowest BCUT2D eigenvalue weighted by molar-refractivity contribution is -0.137. The van der Waals surface area contributed by atoms with E-state index in [-0.39, 0.29) is 33.8 Å². The third kappa shape index (κ3) is 5.23. The van der Waals surface area contributed by atoms with E-state index in [2.05, 4.69) is 17.6 Å². The van der Waals surface area contributed by atoms with Crippen molar-refractivity contribution in [2.75, 3.05) is 26.6 Å². The fourth-order valence-electron chi connectivity index (χ4n) is 4.34. The zero-order valence-electron chi connectivity index (χ0n) is 17.5. The molecular formula is C21H29F3N2O3S. The average Bonchev–Trinajstić information content (AvgIpc) is 3.13. The number of carbonyl (C=O) groups excluding carboxylic acids is 1. The Bertz CT molecular complexity index is 741. The minimum atomic E-state index is -4.52. The van der Waals surface area contributed by atoms with Crippen LogP contribution >= 0.6 is 11.8 Å². The number of benzene rings is 1. The molecule has 0 radical (unpaired) electrons. The van der Waals surface area contributed by atoms with Crippen LogP contribution in [0.5, 0.6) is 5.75 Å². The molecule has 1 saturated heterocycles. The van der Waals surface area contributed by atoms with Crippen molar-refractivity contribution in [1.29, 1.82) is 0 Å². The van der Waals surface area contributed by atoms with Crippen LogP contribution in [0.3, 0.4) is 0 Å². The van der Waals surface area contributed by atoms with Crippen LogP contribution in [0.25, 0.3) is 0 Å². The summed E-state index contributed by atoms with van der Waals surface area (Å²) in [6.45, 7) is 3.18. The number of methoxy groups -OCH3 is 1. The van der Waals surface area contributed by atoms with Gasteiger partial charge in [-0.3, -0.25) is 4.79 Å². The van der Waals surface area contributed by atoms with Crippen LogP contribution in [-0.4, -0.2) is 50.1 Å². The number of amides is 1. The van der Waals surface area contributed by atoms with Crippen molar-refractivity contribution in [2.24, 2.45) is 0 Å². The molecule has 1 aliphatic heterocycles. The average molecular weight is 447 g/mol. The zero-order chi connectivity index (χ0) is 21.9. The molecule has 2 aliphatic rings.